The molecule has 0 radical (unpaired) electrons. The maximum atomic E-state index is 12.6. The zero-order valence-corrected chi connectivity index (χ0v) is 17.6. The van der Waals surface area contributed by atoms with E-state index in [9.17, 15) is 13.2 Å². The van der Waals surface area contributed by atoms with E-state index in [1.807, 2.05) is 24.3 Å². The van der Waals surface area contributed by atoms with Crippen LogP contribution in [0, 0.1) is 0 Å². The van der Waals surface area contributed by atoms with E-state index < -0.39 is 9.84 Å². The molecular weight excluding hydrogens is 376 g/mol. The van der Waals surface area contributed by atoms with Crippen LogP contribution in [0.1, 0.15) is 35.8 Å². The van der Waals surface area contributed by atoms with E-state index in [2.05, 4.69) is 24.1 Å². The molecule has 1 amide bonds. The van der Waals surface area contributed by atoms with Crippen LogP contribution in [0.25, 0.3) is 0 Å². The summed E-state index contributed by atoms with van der Waals surface area (Å²) in [5.74, 6) is 0.465. The minimum absolute atomic E-state index is 0.0212. The Bertz CT molecular complexity index is 908. The molecule has 0 unspecified atom stereocenters. The van der Waals surface area contributed by atoms with Gasteiger partial charge >= 0.3 is 0 Å². The van der Waals surface area contributed by atoms with Crippen LogP contribution in [0.5, 0.6) is 5.75 Å². The standard InChI is InChI=1S/C21H28N2O4S/c1-5-23(6-2)20(16-9-7-11-18(13-16)27-3)15-22-21(24)17-10-8-12-19(14-17)28(4,25)26/h7-14,20H,5-6,15H2,1-4H3,(H,22,24)/t20-/m1/s1. The quantitative estimate of drug-likeness (QED) is 0.695. The molecule has 7 heteroatoms. The second-order valence-electron chi connectivity index (χ2n) is 6.52. The van der Waals surface area contributed by atoms with E-state index in [0.717, 1.165) is 30.7 Å². The monoisotopic (exact) mass is 404 g/mol. The molecule has 0 spiro atoms. The molecule has 0 aliphatic heterocycles. The second kappa shape index (κ2) is 9.71. The molecule has 2 rings (SSSR count). The van der Waals surface area contributed by atoms with E-state index >= 15 is 0 Å². The topological polar surface area (TPSA) is 75.7 Å². The molecule has 0 saturated heterocycles. The van der Waals surface area contributed by atoms with Crippen molar-refractivity contribution in [3.63, 3.8) is 0 Å². The molecule has 0 aliphatic rings. The third-order valence-electron chi connectivity index (χ3n) is 4.71. The number of methoxy groups -OCH3 is 1. The van der Waals surface area contributed by atoms with Crippen LogP contribution in [-0.4, -0.2) is 52.2 Å². The molecule has 0 bridgehead atoms. The van der Waals surface area contributed by atoms with Crippen molar-refractivity contribution in [2.45, 2.75) is 24.8 Å². The number of carbonyl (C=O) groups is 1. The zero-order valence-electron chi connectivity index (χ0n) is 16.8. The maximum absolute atomic E-state index is 12.6. The van der Waals surface area contributed by atoms with Gasteiger partial charge in [-0.2, -0.15) is 0 Å². The van der Waals surface area contributed by atoms with E-state index in [4.69, 9.17) is 4.74 Å². The fourth-order valence-electron chi connectivity index (χ4n) is 3.13. The van der Waals surface area contributed by atoms with E-state index in [-0.39, 0.29) is 16.8 Å². The van der Waals surface area contributed by atoms with Crippen LogP contribution in [-0.2, 0) is 9.84 Å². The van der Waals surface area contributed by atoms with Crippen molar-refractivity contribution < 1.29 is 17.9 Å². The fourth-order valence-corrected chi connectivity index (χ4v) is 3.80. The van der Waals surface area contributed by atoms with Crippen molar-refractivity contribution in [3.8, 4) is 5.75 Å². The highest BCUT2D eigenvalue weighted by molar-refractivity contribution is 7.90. The van der Waals surface area contributed by atoms with Crippen LogP contribution in [0.3, 0.4) is 0 Å². The summed E-state index contributed by atoms with van der Waals surface area (Å²) < 4.78 is 28.8. The molecule has 152 valence electrons. The lowest BCUT2D eigenvalue weighted by Gasteiger charge is -2.30. The number of hydrogen-bond donors (Lipinski definition) is 1. The molecule has 0 saturated carbocycles. The van der Waals surface area contributed by atoms with Crippen molar-refractivity contribution in [1.29, 1.82) is 0 Å². The molecule has 28 heavy (non-hydrogen) atoms. The van der Waals surface area contributed by atoms with Gasteiger partial charge in [0, 0.05) is 18.4 Å². The number of hydrogen-bond acceptors (Lipinski definition) is 5. The van der Waals surface area contributed by atoms with Gasteiger partial charge in [-0.15, -0.1) is 0 Å². The van der Waals surface area contributed by atoms with Gasteiger partial charge in [0.1, 0.15) is 5.75 Å². The normalized spacial score (nSPS) is 12.6. The van der Waals surface area contributed by atoms with E-state index in [0.29, 0.717) is 12.1 Å². The van der Waals surface area contributed by atoms with Gasteiger partial charge in [-0.25, -0.2) is 8.42 Å². The number of amides is 1. The summed E-state index contributed by atoms with van der Waals surface area (Å²) in [5, 5.41) is 2.95. The van der Waals surface area contributed by atoms with E-state index in [1.165, 1.54) is 12.1 Å². The van der Waals surface area contributed by atoms with Crippen molar-refractivity contribution >= 4 is 15.7 Å². The van der Waals surface area contributed by atoms with Gasteiger partial charge in [-0.3, -0.25) is 9.69 Å². The number of rotatable bonds is 9. The summed E-state index contributed by atoms with van der Waals surface area (Å²) in [4.78, 5) is 15.0. The first kappa shape index (κ1) is 21.9. The molecule has 1 N–H and O–H groups in total. The second-order valence-corrected chi connectivity index (χ2v) is 8.54. The molecule has 0 fully saturated rings. The Balaban J connectivity index is 2.22. The first-order valence-electron chi connectivity index (χ1n) is 9.26. The number of carbonyl (C=O) groups excluding carboxylic acids is 1. The average molecular weight is 405 g/mol. The van der Waals surface area contributed by atoms with Crippen LogP contribution in [0.4, 0.5) is 0 Å². The van der Waals surface area contributed by atoms with Gasteiger partial charge in [-0.1, -0.05) is 32.0 Å². The molecule has 0 heterocycles. The predicted molar refractivity (Wildman–Crippen MR) is 111 cm³/mol. The summed E-state index contributed by atoms with van der Waals surface area (Å²) >= 11 is 0. The average Bonchev–Trinajstić information content (AvgIpc) is 2.70. The minimum Gasteiger partial charge on any atom is -0.497 e. The number of benzene rings is 2. The van der Waals surface area contributed by atoms with Gasteiger partial charge in [0.25, 0.3) is 5.91 Å². The van der Waals surface area contributed by atoms with Crippen LogP contribution >= 0.6 is 0 Å². The highest BCUT2D eigenvalue weighted by atomic mass is 32.2. The Labute approximate surface area is 167 Å². The van der Waals surface area contributed by atoms with Gasteiger partial charge in [0.15, 0.2) is 9.84 Å². The van der Waals surface area contributed by atoms with Gasteiger partial charge < -0.3 is 10.1 Å². The zero-order chi connectivity index (χ0) is 20.7. The van der Waals surface area contributed by atoms with Gasteiger partial charge in [-0.05, 0) is 49.0 Å². The number of sulfone groups is 1. The van der Waals surface area contributed by atoms with Gasteiger partial charge in [0.2, 0.25) is 0 Å². The lowest BCUT2D eigenvalue weighted by atomic mass is 10.0. The molecule has 0 aliphatic carbocycles. The lowest BCUT2D eigenvalue weighted by molar-refractivity contribution is 0.0934. The number of nitrogens with one attached hydrogen (secondary N) is 1. The summed E-state index contributed by atoms with van der Waals surface area (Å²) in [7, 11) is -1.74. The Kier molecular flexibility index (Phi) is 7.60. The van der Waals surface area contributed by atoms with Crippen molar-refractivity contribution in [2.24, 2.45) is 0 Å². The van der Waals surface area contributed by atoms with Crippen molar-refractivity contribution in [3.05, 3.63) is 59.7 Å². The molecule has 6 nitrogen and oxygen atoms in total. The lowest BCUT2D eigenvalue weighted by Crippen LogP contribution is -2.38. The largest absolute Gasteiger partial charge is 0.497 e. The molecule has 2 aromatic rings. The minimum atomic E-state index is -3.36. The maximum Gasteiger partial charge on any atom is 0.251 e. The van der Waals surface area contributed by atoms with Crippen molar-refractivity contribution in [2.75, 3.05) is 33.0 Å². The number of ether oxygens (including phenoxy) is 1. The highest BCUT2D eigenvalue weighted by Crippen LogP contribution is 2.24. The molecule has 0 aromatic heterocycles. The Morgan fingerprint density at radius 1 is 1.11 bits per heavy atom. The number of nitrogens with zero attached hydrogens (tertiary/aromatic N) is 1. The Morgan fingerprint density at radius 3 is 2.39 bits per heavy atom. The summed E-state index contributed by atoms with van der Waals surface area (Å²) in [6.07, 6.45) is 1.13. The first-order valence-corrected chi connectivity index (χ1v) is 11.2. The Morgan fingerprint density at radius 2 is 1.79 bits per heavy atom. The third kappa shape index (κ3) is 5.56. The highest BCUT2D eigenvalue weighted by Gasteiger charge is 2.20. The summed E-state index contributed by atoms with van der Waals surface area (Å²) in [6, 6.07) is 13.9. The SMILES string of the molecule is CCN(CC)[C@H](CNC(=O)c1cccc(S(C)(=O)=O)c1)c1cccc(OC)c1. The van der Waals surface area contributed by atoms with E-state index in [1.54, 1.807) is 19.2 Å². The summed E-state index contributed by atoms with van der Waals surface area (Å²) in [5.41, 5.74) is 1.38. The summed E-state index contributed by atoms with van der Waals surface area (Å²) in [6.45, 7) is 6.22. The number of likely N-dealkylation sites (N-methyl/N-ethyl adjacent to an activating group) is 1. The first-order chi connectivity index (χ1) is 13.3. The Hall–Kier alpha value is -2.38. The fraction of sp³-hybridized carbons (Fsp3) is 0.381. The molecule has 2 aromatic carbocycles. The van der Waals surface area contributed by atoms with Crippen LogP contribution in [0.2, 0.25) is 0 Å². The molecule has 1 atom stereocenters. The predicted octanol–water partition coefficient (Wildman–Crippen LogP) is 2.91. The van der Waals surface area contributed by atoms with Crippen LogP contribution in [0.15, 0.2) is 53.4 Å². The third-order valence-corrected chi connectivity index (χ3v) is 5.82. The smallest absolute Gasteiger partial charge is 0.251 e. The van der Waals surface area contributed by atoms with Gasteiger partial charge in [0.05, 0.1) is 18.0 Å². The van der Waals surface area contributed by atoms with Crippen LogP contribution < -0.4 is 10.1 Å². The van der Waals surface area contributed by atoms with Crippen molar-refractivity contribution in [1.82, 2.24) is 10.2 Å². The molecular formula is C21H28N2O4S.